The Kier molecular flexibility index (Phi) is 6.27. The molecule has 0 saturated carbocycles. The van der Waals surface area contributed by atoms with Crippen molar-refractivity contribution in [3.05, 3.63) is 28.8 Å². The van der Waals surface area contributed by atoms with Crippen LogP contribution in [0.4, 0.5) is 5.69 Å². The number of benzene rings is 1. The Balaban J connectivity index is 2.60. The number of methoxy groups -OCH3 is 1. The highest BCUT2D eigenvalue weighted by molar-refractivity contribution is 6.31. The number of ether oxygens (including phenoxy) is 1. The number of nitrogens with zero attached hydrogens (tertiary/aromatic N) is 1. The molecule has 1 aromatic rings. The first-order chi connectivity index (χ1) is 9.45. The van der Waals surface area contributed by atoms with E-state index in [1.165, 1.54) is 18.0 Å². The smallest absolute Gasteiger partial charge is 0.256 e. The van der Waals surface area contributed by atoms with Crippen LogP contribution in [-0.2, 0) is 9.53 Å². The lowest BCUT2D eigenvalue weighted by Crippen LogP contribution is -2.39. The third-order valence-electron chi connectivity index (χ3n) is 2.60. The maximum atomic E-state index is 12.1. The fourth-order valence-electron chi connectivity index (χ4n) is 1.57. The molecule has 6 nitrogen and oxygen atoms in total. The standard InChI is InChI=1S/C13H18ClN3O3/c1-17(8-12(18)16-5-6-20-2)13(19)10-4-3-9(14)7-11(10)15/h3-4,7H,5-6,8,15H2,1-2H3,(H,16,18). The Hall–Kier alpha value is -1.79. The zero-order chi connectivity index (χ0) is 15.1. The maximum absolute atomic E-state index is 12.1. The molecule has 0 aliphatic heterocycles. The molecule has 0 aliphatic rings. The molecule has 0 aliphatic carbocycles. The van der Waals surface area contributed by atoms with Crippen molar-refractivity contribution in [2.24, 2.45) is 0 Å². The average Bonchev–Trinajstić information content (AvgIpc) is 2.38. The van der Waals surface area contributed by atoms with Gasteiger partial charge in [-0.2, -0.15) is 0 Å². The van der Waals surface area contributed by atoms with Gasteiger partial charge >= 0.3 is 0 Å². The molecule has 1 aromatic carbocycles. The lowest BCUT2D eigenvalue weighted by atomic mass is 10.1. The van der Waals surface area contributed by atoms with Crippen LogP contribution in [-0.4, -0.2) is 50.6 Å². The molecule has 2 amide bonds. The van der Waals surface area contributed by atoms with Gasteiger partial charge < -0.3 is 20.7 Å². The van der Waals surface area contributed by atoms with Crippen molar-refractivity contribution in [1.82, 2.24) is 10.2 Å². The number of likely N-dealkylation sites (N-methyl/N-ethyl adjacent to an activating group) is 1. The summed E-state index contributed by atoms with van der Waals surface area (Å²) in [6, 6.07) is 4.62. The summed E-state index contributed by atoms with van der Waals surface area (Å²) in [6.45, 7) is 0.776. The second kappa shape index (κ2) is 7.72. The highest BCUT2D eigenvalue weighted by atomic mass is 35.5. The fraction of sp³-hybridized carbons (Fsp3) is 0.385. The van der Waals surface area contributed by atoms with E-state index in [2.05, 4.69) is 5.32 Å². The molecule has 1 rings (SSSR count). The van der Waals surface area contributed by atoms with Gasteiger partial charge in [0.1, 0.15) is 0 Å². The Morgan fingerprint density at radius 2 is 2.15 bits per heavy atom. The first-order valence-corrected chi connectivity index (χ1v) is 6.39. The van der Waals surface area contributed by atoms with Crippen molar-refractivity contribution < 1.29 is 14.3 Å². The van der Waals surface area contributed by atoms with Crippen molar-refractivity contribution >= 4 is 29.1 Å². The molecule has 0 heterocycles. The number of amides is 2. The molecular formula is C13H18ClN3O3. The zero-order valence-corrected chi connectivity index (χ0v) is 12.2. The summed E-state index contributed by atoms with van der Waals surface area (Å²) in [6.07, 6.45) is 0. The molecule has 0 radical (unpaired) electrons. The molecule has 0 aromatic heterocycles. The number of hydrogen-bond donors (Lipinski definition) is 2. The Labute approximate surface area is 122 Å². The van der Waals surface area contributed by atoms with Crippen LogP contribution in [0.25, 0.3) is 0 Å². The van der Waals surface area contributed by atoms with E-state index in [4.69, 9.17) is 22.1 Å². The van der Waals surface area contributed by atoms with E-state index in [-0.39, 0.29) is 24.0 Å². The van der Waals surface area contributed by atoms with E-state index in [0.29, 0.717) is 23.7 Å². The summed E-state index contributed by atoms with van der Waals surface area (Å²) >= 11 is 5.78. The van der Waals surface area contributed by atoms with Crippen LogP contribution in [0.1, 0.15) is 10.4 Å². The van der Waals surface area contributed by atoms with Gasteiger partial charge in [0.2, 0.25) is 5.91 Å². The molecule has 0 fully saturated rings. The third-order valence-corrected chi connectivity index (χ3v) is 2.83. The van der Waals surface area contributed by atoms with Crippen LogP contribution in [0.3, 0.4) is 0 Å². The Morgan fingerprint density at radius 3 is 2.75 bits per heavy atom. The molecule has 0 spiro atoms. The van der Waals surface area contributed by atoms with Gasteiger partial charge in [-0.3, -0.25) is 9.59 Å². The quantitative estimate of drug-likeness (QED) is 0.600. The number of anilines is 1. The van der Waals surface area contributed by atoms with Crippen molar-refractivity contribution in [2.75, 3.05) is 39.6 Å². The molecule has 0 atom stereocenters. The second-order valence-electron chi connectivity index (χ2n) is 4.24. The first-order valence-electron chi connectivity index (χ1n) is 6.02. The summed E-state index contributed by atoms with van der Waals surface area (Å²) < 4.78 is 4.82. The van der Waals surface area contributed by atoms with Gasteiger partial charge in [0.05, 0.1) is 18.7 Å². The number of carbonyl (C=O) groups excluding carboxylic acids is 2. The minimum atomic E-state index is -0.332. The van der Waals surface area contributed by atoms with Gasteiger partial charge in [-0.05, 0) is 18.2 Å². The van der Waals surface area contributed by atoms with Crippen LogP contribution in [0.5, 0.6) is 0 Å². The number of nitrogens with one attached hydrogen (secondary N) is 1. The van der Waals surface area contributed by atoms with Crippen molar-refractivity contribution in [3.63, 3.8) is 0 Å². The van der Waals surface area contributed by atoms with Gasteiger partial charge in [-0.15, -0.1) is 0 Å². The largest absolute Gasteiger partial charge is 0.398 e. The lowest BCUT2D eigenvalue weighted by Gasteiger charge is -2.17. The Bertz CT molecular complexity index is 494. The van der Waals surface area contributed by atoms with E-state index >= 15 is 0 Å². The van der Waals surface area contributed by atoms with Crippen LogP contribution in [0, 0.1) is 0 Å². The van der Waals surface area contributed by atoms with Crippen LogP contribution >= 0.6 is 11.6 Å². The number of hydrogen-bond acceptors (Lipinski definition) is 4. The number of halogens is 1. The van der Waals surface area contributed by atoms with Crippen LogP contribution < -0.4 is 11.1 Å². The minimum Gasteiger partial charge on any atom is -0.398 e. The number of rotatable bonds is 6. The predicted molar refractivity (Wildman–Crippen MR) is 77.7 cm³/mol. The topological polar surface area (TPSA) is 84.7 Å². The molecule has 20 heavy (non-hydrogen) atoms. The van der Waals surface area contributed by atoms with Gasteiger partial charge in [-0.25, -0.2) is 0 Å². The second-order valence-corrected chi connectivity index (χ2v) is 4.67. The summed E-state index contributed by atoms with van der Waals surface area (Å²) in [4.78, 5) is 25.0. The van der Waals surface area contributed by atoms with E-state index in [9.17, 15) is 9.59 Å². The normalized spacial score (nSPS) is 10.2. The van der Waals surface area contributed by atoms with Gasteiger partial charge in [0, 0.05) is 31.4 Å². The number of nitrogen functional groups attached to an aromatic ring is 1. The molecule has 7 heteroatoms. The van der Waals surface area contributed by atoms with Crippen LogP contribution in [0.15, 0.2) is 18.2 Å². The van der Waals surface area contributed by atoms with Gasteiger partial charge in [0.15, 0.2) is 0 Å². The molecule has 3 N–H and O–H groups in total. The van der Waals surface area contributed by atoms with Crippen molar-refractivity contribution in [2.45, 2.75) is 0 Å². The summed E-state index contributed by atoms with van der Waals surface area (Å²) in [5.74, 6) is -0.591. The van der Waals surface area contributed by atoms with E-state index in [0.717, 1.165) is 0 Å². The van der Waals surface area contributed by atoms with Crippen molar-refractivity contribution in [3.8, 4) is 0 Å². The number of carbonyl (C=O) groups is 2. The van der Waals surface area contributed by atoms with E-state index in [1.54, 1.807) is 19.2 Å². The minimum absolute atomic E-state index is 0.0510. The van der Waals surface area contributed by atoms with Crippen LogP contribution in [0.2, 0.25) is 5.02 Å². The van der Waals surface area contributed by atoms with Crippen molar-refractivity contribution in [1.29, 1.82) is 0 Å². The summed E-state index contributed by atoms with van der Waals surface area (Å²) in [7, 11) is 3.08. The molecule has 110 valence electrons. The predicted octanol–water partition coefficient (Wildman–Crippen LogP) is 0.757. The summed E-state index contributed by atoms with van der Waals surface area (Å²) in [5.41, 5.74) is 6.35. The van der Waals surface area contributed by atoms with Gasteiger partial charge in [-0.1, -0.05) is 11.6 Å². The number of nitrogens with two attached hydrogens (primary N) is 1. The lowest BCUT2D eigenvalue weighted by molar-refractivity contribution is -0.121. The zero-order valence-electron chi connectivity index (χ0n) is 11.5. The molecule has 0 unspecified atom stereocenters. The van der Waals surface area contributed by atoms with E-state index in [1.807, 2.05) is 0 Å². The molecule has 0 saturated heterocycles. The summed E-state index contributed by atoms with van der Waals surface area (Å²) in [5, 5.41) is 3.09. The Morgan fingerprint density at radius 1 is 1.45 bits per heavy atom. The SMILES string of the molecule is COCCNC(=O)CN(C)C(=O)c1ccc(Cl)cc1N. The molecule has 0 bridgehead atoms. The highest BCUT2D eigenvalue weighted by Crippen LogP contribution is 2.19. The average molecular weight is 300 g/mol. The fourth-order valence-corrected chi connectivity index (χ4v) is 1.75. The first kappa shape index (κ1) is 16.3. The highest BCUT2D eigenvalue weighted by Gasteiger charge is 2.17. The van der Waals surface area contributed by atoms with Gasteiger partial charge in [0.25, 0.3) is 5.91 Å². The van der Waals surface area contributed by atoms with E-state index < -0.39 is 0 Å². The maximum Gasteiger partial charge on any atom is 0.256 e. The molecular weight excluding hydrogens is 282 g/mol. The monoisotopic (exact) mass is 299 g/mol. The third kappa shape index (κ3) is 4.71.